The van der Waals surface area contributed by atoms with Crippen LogP contribution in [0.15, 0.2) is 42.5 Å². The summed E-state index contributed by atoms with van der Waals surface area (Å²) in [5, 5.41) is 3.34. The van der Waals surface area contributed by atoms with E-state index in [1.165, 1.54) is 11.1 Å². The molecule has 3 heteroatoms. The Morgan fingerprint density at radius 3 is 2.42 bits per heavy atom. The molecule has 2 aromatic rings. The number of nitrogens with one attached hydrogen (secondary N) is 1. The van der Waals surface area contributed by atoms with E-state index in [9.17, 15) is 0 Å². The van der Waals surface area contributed by atoms with Crippen LogP contribution in [0.25, 0.3) is 0 Å². The number of nitrogen functional groups attached to an aromatic ring is 1. The van der Waals surface area contributed by atoms with Crippen molar-refractivity contribution in [3.05, 3.63) is 53.6 Å². The molecule has 0 atom stereocenters. The number of hydrogen-bond acceptors (Lipinski definition) is 3. The minimum absolute atomic E-state index is 0.622. The maximum Gasteiger partial charge on any atom is 0.119 e. The lowest BCUT2D eigenvalue weighted by Gasteiger charge is -2.10. The molecule has 0 aliphatic rings. The van der Waals surface area contributed by atoms with Gasteiger partial charge in [0.25, 0.3) is 0 Å². The van der Waals surface area contributed by atoms with Crippen LogP contribution in [0.1, 0.15) is 11.1 Å². The molecule has 0 radical (unpaired) electrons. The van der Waals surface area contributed by atoms with Gasteiger partial charge >= 0.3 is 0 Å². The van der Waals surface area contributed by atoms with Crippen molar-refractivity contribution in [1.29, 1.82) is 0 Å². The number of ether oxygens (including phenoxy) is 1. The van der Waals surface area contributed by atoms with E-state index in [4.69, 9.17) is 10.5 Å². The van der Waals surface area contributed by atoms with Crippen LogP contribution in [0, 0.1) is 13.8 Å². The van der Waals surface area contributed by atoms with Crippen molar-refractivity contribution < 1.29 is 4.74 Å². The topological polar surface area (TPSA) is 47.3 Å². The summed E-state index contributed by atoms with van der Waals surface area (Å²) in [7, 11) is 0. The van der Waals surface area contributed by atoms with Crippen molar-refractivity contribution in [1.82, 2.24) is 0 Å². The van der Waals surface area contributed by atoms with E-state index in [2.05, 4.69) is 37.4 Å². The van der Waals surface area contributed by atoms with E-state index in [1.807, 2.05) is 24.3 Å². The van der Waals surface area contributed by atoms with E-state index < -0.39 is 0 Å². The normalized spacial score (nSPS) is 10.2. The Balaban J connectivity index is 1.77. The minimum atomic E-state index is 0.622. The predicted molar refractivity (Wildman–Crippen MR) is 80.8 cm³/mol. The first-order valence-electron chi connectivity index (χ1n) is 6.44. The van der Waals surface area contributed by atoms with Gasteiger partial charge in [-0.1, -0.05) is 6.07 Å². The van der Waals surface area contributed by atoms with E-state index in [0.29, 0.717) is 6.61 Å². The maximum atomic E-state index is 5.62. The van der Waals surface area contributed by atoms with Crippen LogP contribution in [0.3, 0.4) is 0 Å². The van der Waals surface area contributed by atoms with Gasteiger partial charge in [-0.2, -0.15) is 0 Å². The molecular formula is C16H20N2O. The smallest absolute Gasteiger partial charge is 0.119 e. The van der Waals surface area contributed by atoms with Crippen molar-refractivity contribution in [3.8, 4) is 5.75 Å². The van der Waals surface area contributed by atoms with Gasteiger partial charge in [0.1, 0.15) is 12.4 Å². The summed E-state index contributed by atoms with van der Waals surface area (Å²) in [6, 6.07) is 13.8. The summed E-state index contributed by atoms with van der Waals surface area (Å²) in [6.45, 7) is 5.62. The minimum Gasteiger partial charge on any atom is -0.492 e. The van der Waals surface area contributed by atoms with E-state index in [1.54, 1.807) is 0 Å². The van der Waals surface area contributed by atoms with Crippen LogP contribution >= 0.6 is 0 Å². The molecule has 3 N–H and O–H groups in total. The standard InChI is InChI=1S/C16H20N2O/c1-12-3-6-15(11-13(12)2)18-9-10-19-16-7-4-14(17)5-8-16/h3-8,11,18H,9-10,17H2,1-2H3. The first-order chi connectivity index (χ1) is 9.15. The van der Waals surface area contributed by atoms with Crippen LogP contribution in [0.4, 0.5) is 11.4 Å². The second kappa shape index (κ2) is 6.14. The van der Waals surface area contributed by atoms with Gasteiger partial charge in [0.2, 0.25) is 0 Å². The highest BCUT2D eigenvalue weighted by Gasteiger charge is 1.96. The number of hydrogen-bond donors (Lipinski definition) is 2. The molecule has 0 saturated carbocycles. The summed E-state index contributed by atoms with van der Waals surface area (Å²) in [6.07, 6.45) is 0. The highest BCUT2D eigenvalue weighted by Crippen LogP contribution is 2.15. The number of anilines is 2. The third kappa shape index (κ3) is 3.91. The Kier molecular flexibility index (Phi) is 4.29. The predicted octanol–water partition coefficient (Wildman–Crippen LogP) is 3.38. The molecular weight excluding hydrogens is 236 g/mol. The molecule has 2 rings (SSSR count). The number of aryl methyl sites for hydroxylation is 2. The number of benzene rings is 2. The lowest BCUT2D eigenvalue weighted by Crippen LogP contribution is -2.11. The SMILES string of the molecule is Cc1ccc(NCCOc2ccc(N)cc2)cc1C. The summed E-state index contributed by atoms with van der Waals surface area (Å²) >= 11 is 0. The fraction of sp³-hybridized carbons (Fsp3) is 0.250. The Morgan fingerprint density at radius 2 is 1.74 bits per heavy atom. The molecule has 0 aromatic heterocycles. The van der Waals surface area contributed by atoms with Gasteiger partial charge in [0.15, 0.2) is 0 Å². The zero-order valence-electron chi connectivity index (χ0n) is 11.4. The largest absolute Gasteiger partial charge is 0.492 e. The summed E-state index contributed by atoms with van der Waals surface area (Å²) in [4.78, 5) is 0. The van der Waals surface area contributed by atoms with Crippen LogP contribution in [-0.4, -0.2) is 13.2 Å². The maximum absolute atomic E-state index is 5.62. The number of rotatable bonds is 5. The lowest BCUT2D eigenvalue weighted by atomic mass is 10.1. The molecule has 100 valence electrons. The van der Waals surface area contributed by atoms with Crippen LogP contribution < -0.4 is 15.8 Å². The summed E-state index contributed by atoms with van der Waals surface area (Å²) in [5.74, 6) is 0.844. The van der Waals surface area contributed by atoms with Crippen LogP contribution in [0.2, 0.25) is 0 Å². The third-order valence-corrected chi connectivity index (χ3v) is 3.09. The molecule has 0 aliphatic heterocycles. The quantitative estimate of drug-likeness (QED) is 0.637. The zero-order valence-corrected chi connectivity index (χ0v) is 11.4. The van der Waals surface area contributed by atoms with Crippen LogP contribution in [-0.2, 0) is 0 Å². The first kappa shape index (κ1) is 13.3. The lowest BCUT2D eigenvalue weighted by molar-refractivity contribution is 0.333. The second-order valence-electron chi connectivity index (χ2n) is 4.64. The Hall–Kier alpha value is -2.16. The molecule has 3 nitrogen and oxygen atoms in total. The molecule has 0 heterocycles. The van der Waals surface area contributed by atoms with E-state index in [0.717, 1.165) is 23.7 Å². The van der Waals surface area contributed by atoms with Gasteiger partial charge in [0, 0.05) is 17.9 Å². The van der Waals surface area contributed by atoms with Gasteiger partial charge in [-0.3, -0.25) is 0 Å². The molecule has 19 heavy (non-hydrogen) atoms. The van der Waals surface area contributed by atoms with Gasteiger partial charge in [-0.25, -0.2) is 0 Å². The van der Waals surface area contributed by atoms with Crippen molar-refractivity contribution in [2.24, 2.45) is 0 Å². The Bertz CT molecular complexity index is 535. The molecule has 0 bridgehead atoms. The van der Waals surface area contributed by atoms with Crippen molar-refractivity contribution in [2.45, 2.75) is 13.8 Å². The van der Waals surface area contributed by atoms with Crippen molar-refractivity contribution in [2.75, 3.05) is 24.2 Å². The molecule has 2 aromatic carbocycles. The molecule has 0 unspecified atom stereocenters. The van der Waals surface area contributed by atoms with Gasteiger partial charge in [0.05, 0.1) is 0 Å². The monoisotopic (exact) mass is 256 g/mol. The van der Waals surface area contributed by atoms with Gasteiger partial charge < -0.3 is 15.8 Å². The first-order valence-corrected chi connectivity index (χ1v) is 6.44. The summed E-state index contributed by atoms with van der Waals surface area (Å²) in [5.41, 5.74) is 10.1. The average Bonchev–Trinajstić information content (AvgIpc) is 2.41. The molecule has 0 aliphatic carbocycles. The second-order valence-corrected chi connectivity index (χ2v) is 4.64. The van der Waals surface area contributed by atoms with Gasteiger partial charge in [-0.15, -0.1) is 0 Å². The Labute approximate surface area is 114 Å². The fourth-order valence-electron chi connectivity index (χ4n) is 1.78. The molecule has 0 fully saturated rings. The third-order valence-electron chi connectivity index (χ3n) is 3.09. The molecule has 0 spiro atoms. The van der Waals surface area contributed by atoms with Crippen LogP contribution in [0.5, 0.6) is 5.75 Å². The fourth-order valence-corrected chi connectivity index (χ4v) is 1.78. The van der Waals surface area contributed by atoms with E-state index in [-0.39, 0.29) is 0 Å². The van der Waals surface area contributed by atoms with E-state index >= 15 is 0 Å². The molecule has 0 saturated heterocycles. The highest BCUT2D eigenvalue weighted by atomic mass is 16.5. The van der Waals surface area contributed by atoms with Crippen molar-refractivity contribution >= 4 is 11.4 Å². The van der Waals surface area contributed by atoms with Gasteiger partial charge in [-0.05, 0) is 61.4 Å². The average molecular weight is 256 g/mol. The number of nitrogens with two attached hydrogens (primary N) is 1. The zero-order chi connectivity index (χ0) is 13.7. The Morgan fingerprint density at radius 1 is 1.00 bits per heavy atom. The highest BCUT2D eigenvalue weighted by molar-refractivity contribution is 5.48. The molecule has 0 amide bonds. The van der Waals surface area contributed by atoms with Crippen molar-refractivity contribution in [3.63, 3.8) is 0 Å². The summed E-state index contributed by atoms with van der Waals surface area (Å²) < 4.78 is 5.62.